The van der Waals surface area contributed by atoms with Gasteiger partial charge >= 0.3 is 6.09 Å². The molecule has 0 aromatic rings. The van der Waals surface area contributed by atoms with Gasteiger partial charge in [-0.2, -0.15) is 0 Å². The molecule has 110 valence electrons. The van der Waals surface area contributed by atoms with Gasteiger partial charge in [-0.25, -0.2) is 4.79 Å². The van der Waals surface area contributed by atoms with Crippen LogP contribution in [0.15, 0.2) is 0 Å². The Hall–Kier alpha value is -1.26. The first-order chi connectivity index (χ1) is 8.55. The van der Waals surface area contributed by atoms with Gasteiger partial charge in [0, 0.05) is 32.6 Å². The number of piperidine rings is 1. The molecular weight excluding hydrogens is 244 g/mol. The molecule has 19 heavy (non-hydrogen) atoms. The first-order valence-electron chi connectivity index (χ1n) is 6.75. The largest absolute Gasteiger partial charge is 0.444 e. The van der Waals surface area contributed by atoms with Gasteiger partial charge in [0.2, 0.25) is 5.91 Å². The van der Waals surface area contributed by atoms with E-state index in [0.717, 1.165) is 0 Å². The highest BCUT2D eigenvalue weighted by atomic mass is 16.6. The number of ether oxygens (including phenoxy) is 1. The monoisotopic (exact) mass is 270 g/mol. The molecule has 0 atom stereocenters. The molecule has 0 aromatic carbocycles. The zero-order valence-corrected chi connectivity index (χ0v) is 12.9. The number of carbonyl (C=O) groups is 2. The third kappa shape index (κ3) is 4.11. The second-order valence-corrected chi connectivity index (χ2v) is 6.73. The minimum atomic E-state index is -0.475. The van der Waals surface area contributed by atoms with Crippen LogP contribution in [0.3, 0.4) is 0 Å². The summed E-state index contributed by atoms with van der Waals surface area (Å²) in [5.74, 6) is 0.135. The molecule has 1 heterocycles. The molecule has 1 fully saturated rings. The average molecular weight is 270 g/mol. The first kappa shape index (κ1) is 15.8. The number of carbonyl (C=O) groups excluding carboxylic acids is 2. The van der Waals surface area contributed by atoms with E-state index in [2.05, 4.69) is 0 Å². The van der Waals surface area contributed by atoms with Crippen molar-refractivity contribution < 1.29 is 14.3 Å². The van der Waals surface area contributed by atoms with Crippen LogP contribution in [-0.4, -0.2) is 54.6 Å². The smallest absolute Gasteiger partial charge is 0.410 e. The van der Waals surface area contributed by atoms with Crippen molar-refractivity contribution in [1.82, 2.24) is 9.80 Å². The van der Waals surface area contributed by atoms with Gasteiger partial charge in [-0.05, 0) is 33.6 Å². The fourth-order valence-corrected chi connectivity index (χ4v) is 2.26. The topological polar surface area (TPSA) is 49.9 Å². The van der Waals surface area contributed by atoms with Crippen LogP contribution in [0.25, 0.3) is 0 Å². The molecule has 0 unspecified atom stereocenters. The highest BCUT2D eigenvalue weighted by Gasteiger charge is 2.39. The van der Waals surface area contributed by atoms with Crippen LogP contribution in [-0.2, 0) is 9.53 Å². The number of likely N-dealkylation sites (tertiary alicyclic amines) is 1. The molecule has 0 radical (unpaired) electrons. The number of amides is 2. The van der Waals surface area contributed by atoms with Gasteiger partial charge in [-0.1, -0.05) is 6.92 Å². The molecular formula is C14H26N2O3. The summed E-state index contributed by atoms with van der Waals surface area (Å²) in [5.41, 5.74) is -0.834. The number of nitrogens with zero attached hydrogens (tertiary/aromatic N) is 2. The maximum absolute atomic E-state index is 12.1. The van der Waals surface area contributed by atoms with Crippen LogP contribution in [0.2, 0.25) is 0 Å². The van der Waals surface area contributed by atoms with Crippen molar-refractivity contribution in [2.24, 2.45) is 5.41 Å². The van der Waals surface area contributed by atoms with Crippen LogP contribution in [0.4, 0.5) is 4.79 Å². The Morgan fingerprint density at radius 1 is 1.16 bits per heavy atom. The predicted octanol–water partition coefficient (Wildman–Crippen LogP) is 2.11. The number of hydrogen-bond donors (Lipinski definition) is 0. The summed E-state index contributed by atoms with van der Waals surface area (Å²) < 4.78 is 5.34. The molecule has 0 aliphatic carbocycles. The zero-order chi connectivity index (χ0) is 14.8. The average Bonchev–Trinajstić information content (AvgIpc) is 2.26. The van der Waals surface area contributed by atoms with E-state index in [9.17, 15) is 9.59 Å². The van der Waals surface area contributed by atoms with Crippen molar-refractivity contribution in [3.05, 3.63) is 0 Å². The third-order valence-corrected chi connectivity index (χ3v) is 3.44. The highest BCUT2D eigenvalue weighted by molar-refractivity contribution is 5.82. The van der Waals surface area contributed by atoms with E-state index < -0.39 is 5.60 Å². The maximum Gasteiger partial charge on any atom is 0.410 e. The summed E-state index contributed by atoms with van der Waals surface area (Å²) in [4.78, 5) is 27.4. The molecule has 1 aliphatic heterocycles. The second-order valence-electron chi connectivity index (χ2n) is 6.73. The number of rotatable bonds is 1. The third-order valence-electron chi connectivity index (χ3n) is 3.44. The van der Waals surface area contributed by atoms with E-state index in [1.165, 1.54) is 0 Å². The van der Waals surface area contributed by atoms with Gasteiger partial charge in [0.1, 0.15) is 5.60 Å². The highest BCUT2D eigenvalue weighted by Crippen LogP contribution is 2.32. The standard InChI is InChI=1S/C14H26N2O3/c1-13(2,3)19-12(18)16-9-7-14(4,8-10-16)11(17)15(5)6/h7-10H2,1-6H3. The first-order valence-corrected chi connectivity index (χ1v) is 6.75. The lowest BCUT2D eigenvalue weighted by Crippen LogP contribution is -2.49. The van der Waals surface area contributed by atoms with E-state index >= 15 is 0 Å². The lowest BCUT2D eigenvalue weighted by molar-refractivity contribution is -0.141. The van der Waals surface area contributed by atoms with E-state index in [0.29, 0.717) is 25.9 Å². The molecule has 1 saturated heterocycles. The summed E-state index contributed by atoms with van der Waals surface area (Å²) in [5, 5.41) is 0. The summed E-state index contributed by atoms with van der Waals surface area (Å²) in [6.45, 7) is 8.69. The molecule has 0 saturated carbocycles. The van der Waals surface area contributed by atoms with Gasteiger partial charge in [0.05, 0.1) is 0 Å². The molecule has 0 bridgehead atoms. The maximum atomic E-state index is 12.1. The summed E-state index contributed by atoms with van der Waals surface area (Å²) >= 11 is 0. The lowest BCUT2D eigenvalue weighted by atomic mass is 9.79. The Morgan fingerprint density at radius 3 is 2.00 bits per heavy atom. The van der Waals surface area contributed by atoms with Crippen molar-refractivity contribution in [1.29, 1.82) is 0 Å². The van der Waals surface area contributed by atoms with Crippen LogP contribution in [0, 0.1) is 5.41 Å². The summed E-state index contributed by atoms with van der Waals surface area (Å²) in [7, 11) is 3.54. The van der Waals surface area contributed by atoms with Gasteiger partial charge in [0.15, 0.2) is 0 Å². The minimum Gasteiger partial charge on any atom is -0.444 e. The fourth-order valence-electron chi connectivity index (χ4n) is 2.26. The Kier molecular flexibility index (Phi) is 4.48. The SMILES string of the molecule is CN(C)C(=O)C1(C)CCN(C(=O)OC(C)(C)C)CC1. The van der Waals surface area contributed by atoms with Crippen LogP contribution in [0.1, 0.15) is 40.5 Å². The van der Waals surface area contributed by atoms with E-state index in [1.807, 2.05) is 27.7 Å². The summed E-state index contributed by atoms with van der Waals surface area (Å²) in [6, 6.07) is 0. The molecule has 1 aliphatic rings. The normalized spacial score (nSPS) is 18.9. The van der Waals surface area contributed by atoms with Gasteiger partial charge in [-0.3, -0.25) is 4.79 Å². The second kappa shape index (κ2) is 5.39. The van der Waals surface area contributed by atoms with E-state index in [1.54, 1.807) is 23.9 Å². The molecule has 5 nitrogen and oxygen atoms in total. The molecule has 0 aromatic heterocycles. The Labute approximate surface area is 115 Å². The molecule has 5 heteroatoms. The Morgan fingerprint density at radius 2 is 1.63 bits per heavy atom. The van der Waals surface area contributed by atoms with E-state index in [-0.39, 0.29) is 17.4 Å². The number of hydrogen-bond acceptors (Lipinski definition) is 3. The Balaban J connectivity index is 2.58. The predicted molar refractivity (Wildman–Crippen MR) is 73.8 cm³/mol. The Bertz CT molecular complexity index is 350. The molecule has 0 N–H and O–H groups in total. The van der Waals surface area contributed by atoms with Crippen LogP contribution < -0.4 is 0 Å². The van der Waals surface area contributed by atoms with Crippen molar-refractivity contribution in [2.75, 3.05) is 27.2 Å². The zero-order valence-electron chi connectivity index (χ0n) is 12.9. The van der Waals surface area contributed by atoms with Crippen molar-refractivity contribution in [3.63, 3.8) is 0 Å². The van der Waals surface area contributed by atoms with Gasteiger partial charge in [-0.15, -0.1) is 0 Å². The summed E-state index contributed by atoms with van der Waals surface area (Å²) in [6.07, 6.45) is 1.08. The van der Waals surface area contributed by atoms with Crippen molar-refractivity contribution >= 4 is 12.0 Å². The fraction of sp³-hybridized carbons (Fsp3) is 0.857. The lowest BCUT2D eigenvalue weighted by Gasteiger charge is -2.39. The van der Waals surface area contributed by atoms with Crippen molar-refractivity contribution in [3.8, 4) is 0 Å². The molecule has 1 rings (SSSR count). The minimum absolute atomic E-state index is 0.135. The molecule has 2 amide bonds. The van der Waals surface area contributed by atoms with Crippen molar-refractivity contribution in [2.45, 2.75) is 46.1 Å². The van der Waals surface area contributed by atoms with Gasteiger partial charge in [0.25, 0.3) is 0 Å². The van der Waals surface area contributed by atoms with Gasteiger partial charge < -0.3 is 14.5 Å². The van der Waals surface area contributed by atoms with E-state index in [4.69, 9.17) is 4.74 Å². The molecule has 0 spiro atoms. The van der Waals surface area contributed by atoms with Crippen LogP contribution >= 0.6 is 0 Å². The van der Waals surface area contributed by atoms with Crippen LogP contribution in [0.5, 0.6) is 0 Å². The quantitative estimate of drug-likeness (QED) is 0.733.